The van der Waals surface area contributed by atoms with Crippen LogP contribution in [-0.2, 0) is 12.8 Å². The number of fused-ring (bicyclic) bond motifs is 3. The first-order chi connectivity index (χ1) is 7.74. The Labute approximate surface area is 98.5 Å². The zero-order valence-corrected chi connectivity index (χ0v) is 9.88. The van der Waals surface area contributed by atoms with E-state index in [-0.39, 0.29) is 0 Å². The Bertz CT molecular complexity index is 507. The summed E-state index contributed by atoms with van der Waals surface area (Å²) < 4.78 is 0. The molecule has 0 aromatic heterocycles. The molecular weight excluding hydrogens is 190 g/mol. The molecule has 0 unspecified atom stereocenters. The lowest BCUT2D eigenvalue weighted by Gasteiger charge is -2.20. The molecule has 76 valence electrons. The van der Waals surface area contributed by atoms with Crippen LogP contribution in [0.3, 0.4) is 0 Å². The molecule has 2 heteroatoms. The molecule has 2 aromatic carbocycles. The SMILES string of the molecule is Bc1ccc2c(c1)CCc1cc(B)ccc1-2. The van der Waals surface area contributed by atoms with Crippen molar-refractivity contribution in [3.05, 3.63) is 47.5 Å². The third-order valence-corrected chi connectivity index (χ3v) is 3.48. The van der Waals surface area contributed by atoms with Gasteiger partial charge in [-0.1, -0.05) is 47.3 Å². The highest BCUT2D eigenvalue weighted by atomic mass is 14.2. The third-order valence-electron chi connectivity index (χ3n) is 3.48. The van der Waals surface area contributed by atoms with E-state index < -0.39 is 0 Å². The van der Waals surface area contributed by atoms with Gasteiger partial charge < -0.3 is 0 Å². The van der Waals surface area contributed by atoms with Crippen LogP contribution in [0, 0.1) is 0 Å². The maximum Gasteiger partial charge on any atom is 0.139 e. The van der Waals surface area contributed by atoms with Crippen molar-refractivity contribution in [2.24, 2.45) is 0 Å². The molecule has 0 fully saturated rings. The van der Waals surface area contributed by atoms with Gasteiger partial charge in [0.05, 0.1) is 0 Å². The van der Waals surface area contributed by atoms with Crippen molar-refractivity contribution >= 4 is 26.6 Å². The third kappa shape index (κ3) is 1.49. The van der Waals surface area contributed by atoms with E-state index in [1.165, 1.54) is 46.0 Å². The Morgan fingerprint density at radius 2 is 1.12 bits per heavy atom. The van der Waals surface area contributed by atoms with Crippen LogP contribution in [-0.4, -0.2) is 15.7 Å². The van der Waals surface area contributed by atoms with Crippen molar-refractivity contribution in [3.8, 4) is 11.1 Å². The first kappa shape index (κ1) is 9.77. The summed E-state index contributed by atoms with van der Waals surface area (Å²) in [5, 5.41) is 0. The monoisotopic (exact) mass is 204 g/mol. The van der Waals surface area contributed by atoms with Crippen LogP contribution in [0.15, 0.2) is 36.4 Å². The molecule has 0 heterocycles. The Kier molecular flexibility index (Phi) is 2.17. The number of hydrogen-bond donors (Lipinski definition) is 0. The van der Waals surface area contributed by atoms with Gasteiger partial charge in [-0.05, 0) is 35.1 Å². The minimum atomic E-state index is 1.19. The molecule has 1 aliphatic rings. The quantitative estimate of drug-likeness (QED) is 0.528. The zero-order chi connectivity index (χ0) is 11.1. The topological polar surface area (TPSA) is 0 Å². The van der Waals surface area contributed by atoms with Gasteiger partial charge in [-0.25, -0.2) is 0 Å². The molecule has 1 aliphatic carbocycles. The van der Waals surface area contributed by atoms with Crippen molar-refractivity contribution in [3.63, 3.8) is 0 Å². The molecule has 0 saturated carbocycles. The Morgan fingerprint density at radius 3 is 1.56 bits per heavy atom. The van der Waals surface area contributed by atoms with Crippen LogP contribution >= 0.6 is 0 Å². The van der Waals surface area contributed by atoms with Crippen LogP contribution in [0.1, 0.15) is 11.1 Å². The predicted molar refractivity (Wildman–Crippen MR) is 75.6 cm³/mol. The van der Waals surface area contributed by atoms with Crippen LogP contribution in [0.4, 0.5) is 0 Å². The van der Waals surface area contributed by atoms with Crippen LogP contribution in [0.5, 0.6) is 0 Å². The van der Waals surface area contributed by atoms with Gasteiger partial charge in [0, 0.05) is 0 Å². The summed E-state index contributed by atoms with van der Waals surface area (Å²) in [6.07, 6.45) is 2.38. The first-order valence-electron chi connectivity index (χ1n) is 5.93. The molecule has 16 heavy (non-hydrogen) atoms. The van der Waals surface area contributed by atoms with Gasteiger partial charge >= 0.3 is 0 Å². The molecule has 0 saturated heterocycles. The molecule has 0 radical (unpaired) electrons. The molecule has 0 atom stereocenters. The van der Waals surface area contributed by atoms with E-state index in [9.17, 15) is 0 Å². The lowest BCUT2D eigenvalue weighted by atomic mass is 9.80. The largest absolute Gasteiger partial charge is 0.139 e. The highest BCUT2D eigenvalue weighted by Gasteiger charge is 2.15. The number of rotatable bonds is 0. The second-order valence-corrected chi connectivity index (χ2v) is 4.82. The van der Waals surface area contributed by atoms with E-state index in [2.05, 4.69) is 52.1 Å². The lowest BCUT2D eigenvalue weighted by Crippen LogP contribution is -2.12. The Hall–Kier alpha value is -1.43. The van der Waals surface area contributed by atoms with E-state index in [0.717, 1.165) is 0 Å². The summed E-state index contributed by atoms with van der Waals surface area (Å²) in [6, 6.07) is 13.6. The van der Waals surface area contributed by atoms with Crippen LogP contribution < -0.4 is 10.9 Å². The highest BCUT2D eigenvalue weighted by molar-refractivity contribution is 6.33. The van der Waals surface area contributed by atoms with Crippen molar-refractivity contribution in [2.45, 2.75) is 12.8 Å². The maximum atomic E-state index is 2.33. The smallest absolute Gasteiger partial charge is 0.0887 e. The summed E-state index contributed by atoms with van der Waals surface area (Å²) in [5.74, 6) is 0. The zero-order valence-electron chi connectivity index (χ0n) is 9.88. The fraction of sp³-hybridized carbons (Fsp3) is 0.143. The first-order valence-corrected chi connectivity index (χ1v) is 5.93. The van der Waals surface area contributed by atoms with Gasteiger partial charge in [-0.3, -0.25) is 0 Å². The summed E-state index contributed by atoms with van der Waals surface area (Å²) >= 11 is 0. The average molecular weight is 204 g/mol. The van der Waals surface area contributed by atoms with Gasteiger partial charge in [-0.2, -0.15) is 0 Å². The summed E-state index contributed by atoms with van der Waals surface area (Å²) in [4.78, 5) is 0. The Balaban J connectivity index is 2.23. The standard InChI is InChI=1S/C14H14B2/c15-11-3-5-13-9(7-11)1-2-10-8-12(16)4-6-14(10)13/h3-8H,1-2,15-16H2. The highest BCUT2D eigenvalue weighted by Crippen LogP contribution is 2.31. The van der Waals surface area contributed by atoms with Crippen molar-refractivity contribution in [2.75, 3.05) is 0 Å². The van der Waals surface area contributed by atoms with Crippen molar-refractivity contribution in [1.29, 1.82) is 0 Å². The molecule has 0 aliphatic heterocycles. The molecular formula is C14H14B2. The average Bonchev–Trinajstić information content (AvgIpc) is 2.28. The van der Waals surface area contributed by atoms with Gasteiger partial charge in [-0.15, -0.1) is 0 Å². The number of hydrogen-bond acceptors (Lipinski definition) is 0. The minimum Gasteiger partial charge on any atom is -0.0887 e. The van der Waals surface area contributed by atoms with Gasteiger partial charge in [0.1, 0.15) is 15.7 Å². The second kappa shape index (κ2) is 3.55. The van der Waals surface area contributed by atoms with Gasteiger partial charge in [0.15, 0.2) is 0 Å². The summed E-state index contributed by atoms with van der Waals surface area (Å²) in [6.45, 7) is 0. The van der Waals surface area contributed by atoms with Gasteiger partial charge in [0.2, 0.25) is 0 Å². The summed E-state index contributed by atoms with van der Waals surface area (Å²) in [7, 11) is 4.34. The number of benzene rings is 2. The van der Waals surface area contributed by atoms with E-state index in [0.29, 0.717) is 0 Å². The normalized spacial score (nSPS) is 13.0. The van der Waals surface area contributed by atoms with E-state index in [1.807, 2.05) is 0 Å². The van der Waals surface area contributed by atoms with E-state index in [1.54, 1.807) is 0 Å². The van der Waals surface area contributed by atoms with Crippen molar-refractivity contribution in [1.82, 2.24) is 0 Å². The van der Waals surface area contributed by atoms with Crippen LogP contribution in [0.25, 0.3) is 11.1 Å². The molecule has 0 spiro atoms. The molecule has 0 nitrogen and oxygen atoms in total. The molecule has 3 rings (SSSR count). The second-order valence-electron chi connectivity index (χ2n) is 4.82. The van der Waals surface area contributed by atoms with Crippen LogP contribution in [0.2, 0.25) is 0 Å². The fourth-order valence-electron chi connectivity index (χ4n) is 2.65. The molecule has 2 aromatic rings. The molecule has 0 N–H and O–H groups in total. The molecule has 0 amide bonds. The van der Waals surface area contributed by atoms with E-state index in [4.69, 9.17) is 0 Å². The fourth-order valence-corrected chi connectivity index (χ4v) is 2.65. The summed E-state index contributed by atoms with van der Waals surface area (Å²) in [5.41, 5.74) is 8.63. The maximum absolute atomic E-state index is 2.33. The Morgan fingerprint density at radius 1 is 0.688 bits per heavy atom. The van der Waals surface area contributed by atoms with Gasteiger partial charge in [0.25, 0.3) is 0 Å². The number of aryl methyl sites for hydroxylation is 2. The van der Waals surface area contributed by atoms with Crippen molar-refractivity contribution < 1.29 is 0 Å². The molecule has 0 bridgehead atoms. The van der Waals surface area contributed by atoms with E-state index >= 15 is 0 Å². The lowest BCUT2D eigenvalue weighted by molar-refractivity contribution is 0.944. The predicted octanol–water partition coefficient (Wildman–Crippen LogP) is -0.0310. The minimum absolute atomic E-state index is 1.19.